The lowest BCUT2D eigenvalue weighted by atomic mass is 9.63. The van der Waals surface area contributed by atoms with E-state index in [-0.39, 0.29) is 51.2 Å². The average molecular weight is 1040 g/mol. The molecular weight excluding hydrogens is 961 g/mol. The van der Waals surface area contributed by atoms with Crippen LogP contribution >= 0.6 is 0 Å². The number of rotatable bonds is 8. The first-order chi connectivity index (χ1) is 39.2. The number of pyridine rings is 1. The van der Waals surface area contributed by atoms with Crippen LogP contribution in [0.5, 0.6) is 11.5 Å². The number of anilines is 4. The summed E-state index contributed by atoms with van der Waals surface area (Å²) in [5.74, 6) is 1.76. The van der Waals surface area contributed by atoms with Crippen LogP contribution in [0.25, 0.3) is 61.0 Å². The standard InChI is InChI=1S/C74H76N4O/c1-70(2,3)52-34-37-75-68(44-52)78-64-27-18-17-26-58(64)59-32-31-57(46-67(59)78)79-56-25-21-24-55(45-56)76-47-77(66-29-20-19-28-65(66)76)69-60(49-30-33-62-63(41-49)74(12,13)36-35-73(62,10)11)42-54(72(7,8)9)43-61(69)51-38-50(48-22-15-14-16-23-48)39-53(40-51)71(4,5)6/h14-34,37-46H,35-36,47H2,1-13H3/i17D,18D,26D,27D. The van der Waals surface area contributed by atoms with Gasteiger partial charge in [-0.05, 0) is 163 Å². The molecule has 1 aliphatic heterocycles. The second-order valence-corrected chi connectivity index (χ2v) is 26.6. The van der Waals surface area contributed by atoms with Gasteiger partial charge in [0.15, 0.2) is 0 Å². The van der Waals surface area contributed by atoms with Crippen LogP contribution in [-0.2, 0) is 27.1 Å². The smallest absolute Gasteiger partial charge is 0.137 e. The summed E-state index contributed by atoms with van der Waals surface area (Å²) in [6.07, 6.45) is 4.04. The van der Waals surface area contributed by atoms with Gasteiger partial charge in [0.25, 0.3) is 0 Å². The van der Waals surface area contributed by atoms with Crippen LogP contribution in [0, 0.1) is 0 Å². The van der Waals surface area contributed by atoms with Gasteiger partial charge in [0.1, 0.15) is 24.0 Å². The number of ether oxygens (including phenoxy) is 1. The molecule has 1 aliphatic carbocycles. The van der Waals surface area contributed by atoms with Crippen molar-refractivity contribution in [2.75, 3.05) is 16.5 Å². The minimum atomic E-state index is -0.290. The van der Waals surface area contributed by atoms with Gasteiger partial charge in [0.05, 0.1) is 33.6 Å². The Morgan fingerprint density at radius 1 is 0.481 bits per heavy atom. The molecule has 5 heteroatoms. The van der Waals surface area contributed by atoms with Gasteiger partial charge in [-0.2, -0.15) is 0 Å². The summed E-state index contributed by atoms with van der Waals surface area (Å²) >= 11 is 0. The highest BCUT2D eigenvalue weighted by atomic mass is 16.5. The Bertz CT molecular complexity index is 4230. The fourth-order valence-corrected chi connectivity index (χ4v) is 12.1. The lowest BCUT2D eigenvalue weighted by molar-refractivity contribution is 0.332. The summed E-state index contributed by atoms with van der Waals surface area (Å²) in [6, 6.07) is 56.4. The molecule has 8 aromatic carbocycles. The van der Waals surface area contributed by atoms with Gasteiger partial charge in [-0.1, -0.05) is 187 Å². The normalized spacial score (nSPS) is 15.9. The van der Waals surface area contributed by atoms with Gasteiger partial charge < -0.3 is 14.5 Å². The fourth-order valence-electron chi connectivity index (χ4n) is 12.1. The molecule has 0 amide bonds. The molecule has 0 radical (unpaired) electrons. The minimum Gasteiger partial charge on any atom is -0.457 e. The Balaban J connectivity index is 1.02. The molecule has 0 spiro atoms. The van der Waals surface area contributed by atoms with Crippen molar-refractivity contribution in [3.8, 4) is 50.7 Å². The number of hydrogen-bond acceptors (Lipinski definition) is 4. The van der Waals surface area contributed by atoms with Crippen LogP contribution < -0.4 is 14.5 Å². The lowest BCUT2D eigenvalue weighted by Gasteiger charge is -2.42. The molecule has 2 aromatic heterocycles. The zero-order chi connectivity index (χ0) is 58.9. The van der Waals surface area contributed by atoms with E-state index in [1.165, 1.54) is 55.6 Å². The molecule has 0 fully saturated rings. The average Bonchev–Trinajstić information content (AvgIpc) is 2.31. The molecule has 2 aliphatic rings. The van der Waals surface area contributed by atoms with E-state index in [9.17, 15) is 1.37 Å². The lowest BCUT2D eigenvalue weighted by Crippen LogP contribution is -2.33. The highest BCUT2D eigenvalue weighted by molar-refractivity contribution is 6.09. The Kier molecular flexibility index (Phi) is 11.3. The molecule has 0 saturated carbocycles. The van der Waals surface area contributed by atoms with Crippen LogP contribution in [0.4, 0.5) is 22.7 Å². The number of nitrogens with zero attached hydrogens (tertiary/aromatic N) is 4. The Hall–Kier alpha value is -7.89. The quantitative estimate of drug-likeness (QED) is 0.152. The Morgan fingerprint density at radius 3 is 1.84 bits per heavy atom. The second-order valence-electron chi connectivity index (χ2n) is 26.6. The Morgan fingerprint density at radius 2 is 1.11 bits per heavy atom. The molecule has 0 bridgehead atoms. The largest absolute Gasteiger partial charge is 0.457 e. The first-order valence-electron chi connectivity index (χ1n) is 30.2. The fraction of sp³-hybridized carbons (Fsp3) is 0.284. The van der Waals surface area contributed by atoms with E-state index in [1.54, 1.807) is 6.20 Å². The molecule has 0 saturated heterocycles. The van der Waals surface area contributed by atoms with Gasteiger partial charge in [-0.25, -0.2) is 4.98 Å². The van der Waals surface area contributed by atoms with Crippen molar-refractivity contribution in [1.29, 1.82) is 0 Å². The van der Waals surface area contributed by atoms with Crippen LogP contribution in [0.15, 0.2) is 188 Å². The van der Waals surface area contributed by atoms with Crippen molar-refractivity contribution in [3.05, 3.63) is 216 Å². The van der Waals surface area contributed by atoms with E-state index in [0.29, 0.717) is 45.8 Å². The van der Waals surface area contributed by atoms with Crippen molar-refractivity contribution in [1.82, 2.24) is 9.55 Å². The van der Waals surface area contributed by atoms with Gasteiger partial charge in [0, 0.05) is 45.9 Å². The predicted octanol–water partition coefficient (Wildman–Crippen LogP) is 20.5. The van der Waals surface area contributed by atoms with Crippen molar-refractivity contribution >= 4 is 44.6 Å². The molecule has 0 N–H and O–H groups in total. The maximum Gasteiger partial charge on any atom is 0.137 e. The molecule has 0 atom stereocenters. The van der Waals surface area contributed by atoms with Crippen LogP contribution in [0.1, 0.15) is 136 Å². The summed E-state index contributed by atoms with van der Waals surface area (Å²) in [7, 11) is 0. The van der Waals surface area contributed by atoms with Crippen LogP contribution in [0.2, 0.25) is 0 Å². The number of para-hydroxylation sites is 3. The van der Waals surface area contributed by atoms with Crippen molar-refractivity contribution in [2.24, 2.45) is 0 Å². The van der Waals surface area contributed by atoms with Gasteiger partial charge in [-0.3, -0.25) is 4.57 Å². The summed E-state index contributed by atoms with van der Waals surface area (Å²) in [5, 5.41) is 1.13. The summed E-state index contributed by atoms with van der Waals surface area (Å²) in [5.41, 5.74) is 18.6. The first kappa shape index (κ1) is 47.1. The molecule has 12 rings (SSSR count). The third kappa shape index (κ3) is 9.49. The molecule has 3 heterocycles. The van der Waals surface area contributed by atoms with E-state index >= 15 is 0 Å². The van der Waals surface area contributed by atoms with E-state index < -0.39 is 0 Å². The van der Waals surface area contributed by atoms with Crippen LogP contribution in [0.3, 0.4) is 0 Å². The summed E-state index contributed by atoms with van der Waals surface area (Å²) < 4.78 is 44.4. The highest BCUT2D eigenvalue weighted by Crippen LogP contribution is 2.54. The third-order valence-electron chi connectivity index (χ3n) is 16.9. The highest BCUT2D eigenvalue weighted by Gasteiger charge is 2.39. The van der Waals surface area contributed by atoms with Crippen molar-refractivity contribution in [2.45, 2.75) is 130 Å². The molecule has 5 nitrogen and oxygen atoms in total. The number of benzene rings is 8. The van der Waals surface area contributed by atoms with E-state index in [2.05, 4.69) is 215 Å². The summed E-state index contributed by atoms with van der Waals surface area (Å²) in [4.78, 5) is 9.75. The zero-order valence-electron chi connectivity index (χ0n) is 52.4. The molecule has 398 valence electrons. The first-order valence-corrected chi connectivity index (χ1v) is 28.2. The van der Waals surface area contributed by atoms with Gasteiger partial charge >= 0.3 is 0 Å². The zero-order valence-corrected chi connectivity index (χ0v) is 48.4. The molecule has 10 aromatic rings. The second kappa shape index (κ2) is 18.9. The molecule has 0 unspecified atom stereocenters. The summed E-state index contributed by atoms with van der Waals surface area (Å²) in [6.45, 7) is 30.6. The number of fused-ring (bicyclic) bond motifs is 5. The van der Waals surface area contributed by atoms with Gasteiger partial charge in [0.2, 0.25) is 0 Å². The van der Waals surface area contributed by atoms with Gasteiger partial charge in [-0.15, -0.1) is 0 Å². The SMILES string of the molecule is [2H]c1c([2H])c([2H])c2c(c1[2H])c1ccc(Oc3cccc(N4CN(c5c(-c6cc(-c7ccccc7)cc(C(C)(C)C)c6)cc(C(C)(C)C)cc5-c5ccc6c(c5)C(C)(C)CCC6(C)C)c5ccccc54)c3)cc1n2-c1cc(C(C)(C)C)ccn1. The Labute approximate surface area is 475 Å². The van der Waals surface area contributed by atoms with Crippen LogP contribution in [-0.4, -0.2) is 16.2 Å². The van der Waals surface area contributed by atoms with E-state index in [0.717, 1.165) is 41.2 Å². The number of hydrogen-bond donors (Lipinski definition) is 0. The maximum atomic E-state index is 9.18. The number of aromatic nitrogens is 2. The third-order valence-corrected chi connectivity index (χ3v) is 16.9. The maximum absolute atomic E-state index is 9.18. The minimum absolute atomic E-state index is 0.0101. The predicted molar refractivity (Wildman–Crippen MR) is 335 cm³/mol. The monoisotopic (exact) mass is 1040 g/mol. The van der Waals surface area contributed by atoms with Crippen molar-refractivity contribution < 1.29 is 10.2 Å². The topological polar surface area (TPSA) is 33.5 Å². The van der Waals surface area contributed by atoms with Crippen molar-refractivity contribution in [3.63, 3.8) is 0 Å². The molecular formula is C74H76N4O. The molecule has 79 heavy (non-hydrogen) atoms. The van der Waals surface area contributed by atoms with E-state index in [1.807, 2.05) is 47.0 Å². The van der Waals surface area contributed by atoms with E-state index in [4.69, 9.17) is 13.8 Å².